The predicted octanol–water partition coefficient (Wildman–Crippen LogP) is 3.89. The van der Waals surface area contributed by atoms with Crippen LogP contribution in [0.5, 0.6) is 0 Å². The van der Waals surface area contributed by atoms with Crippen molar-refractivity contribution in [2.24, 2.45) is 5.92 Å². The largest absolute Gasteiger partial charge is 0.353 e. The zero-order valence-corrected chi connectivity index (χ0v) is 10.9. The normalized spacial score (nSPS) is 25.7. The number of halogens is 1. The standard InChI is InChI=1S/C14H19ClN2/c15-13-8-3-9-14(16-13)17-10-4-7-12(17)11-5-1-2-6-11/h3,8-9,11-12H,1-2,4-7,10H2. The minimum Gasteiger partial charge on any atom is -0.353 e. The van der Waals surface area contributed by atoms with Gasteiger partial charge in [0, 0.05) is 12.6 Å². The highest BCUT2D eigenvalue weighted by Crippen LogP contribution is 2.37. The van der Waals surface area contributed by atoms with Gasteiger partial charge in [-0.3, -0.25) is 0 Å². The lowest BCUT2D eigenvalue weighted by Crippen LogP contribution is -2.35. The fourth-order valence-electron chi connectivity index (χ4n) is 3.47. The molecule has 2 fully saturated rings. The van der Waals surface area contributed by atoms with Gasteiger partial charge in [-0.15, -0.1) is 0 Å². The molecule has 0 N–H and O–H groups in total. The smallest absolute Gasteiger partial charge is 0.131 e. The van der Waals surface area contributed by atoms with Crippen molar-refractivity contribution in [3.05, 3.63) is 23.4 Å². The molecule has 0 spiro atoms. The maximum Gasteiger partial charge on any atom is 0.131 e. The molecule has 1 aliphatic heterocycles. The van der Waals surface area contributed by atoms with Crippen molar-refractivity contribution in [3.63, 3.8) is 0 Å². The van der Waals surface area contributed by atoms with E-state index in [1.165, 1.54) is 38.5 Å². The molecule has 1 unspecified atom stereocenters. The molecule has 1 atom stereocenters. The van der Waals surface area contributed by atoms with E-state index in [4.69, 9.17) is 11.6 Å². The fourth-order valence-corrected chi connectivity index (χ4v) is 3.63. The first-order valence-electron chi connectivity index (χ1n) is 6.74. The number of rotatable bonds is 2. The molecular formula is C14H19ClN2. The highest BCUT2D eigenvalue weighted by Gasteiger charge is 2.33. The molecule has 0 aromatic carbocycles. The summed E-state index contributed by atoms with van der Waals surface area (Å²) >= 11 is 5.99. The van der Waals surface area contributed by atoms with Crippen molar-refractivity contribution >= 4 is 17.4 Å². The van der Waals surface area contributed by atoms with Crippen LogP contribution in [0.2, 0.25) is 5.15 Å². The number of nitrogens with zero attached hydrogens (tertiary/aromatic N) is 2. The van der Waals surface area contributed by atoms with E-state index in [1.807, 2.05) is 12.1 Å². The Morgan fingerprint density at radius 3 is 2.71 bits per heavy atom. The lowest BCUT2D eigenvalue weighted by molar-refractivity contribution is 0.429. The van der Waals surface area contributed by atoms with E-state index in [0.29, 0.717) is 11.2 Å². The van der Waals surface area contributed by atoms with Crippen LogP contribution in [-0.4, -0.2) is 17.6 Å². The molecule has 0 radical (unpaired) electrons. The van der Waals surface area contributed by atoms with Crippen LogP contribution >= 0.6 is 11.6 Å². The summed E-state index contributed by atoms with van der Waals surface area (Å²) < 4.78 is 0. The second kappa shape index (κ2) is 4.85. The number of hydrogen-bond acceptors (Lipinski definition) is 2. The molecule has 1 aromatic rings. The highest BCUT2D eigenvalue weighted by molar-refractivity contribution is 6.29. The monoisotopic (exact) mass is 250 g/mol. The summed E-state index contributed by atoms with van der Waals surface area (Å²) in [5.74, 6) is 1.96. The van der Waals surface area contributed by atoms with Crippen LogP contribution < -0.4 is 4.90 Å². The minimum atomic E-state index is 0.611. The van der Waals surface area contributed by atoms with E-state index in [2.05, 4.69) is 16.0 Å². The quantitative estimate of drug-likeness (QED) is 0.741. The third-order valence-electron chi connectivity index (χ3n) is 4.24. The molecule has 1 aliphatic carbocycles. The second-order valence-corrected chi connectivity index (χ2v) is 5.65. The van der Waals surface area contributed by atoms with Gasteiger partial charge in [0.05, 0.1) is 0 Å². The molecule has 1 saturated heterocycles. The van der Waals surface area contributed by atoms with Crippen molar-refractivity contribution in [1.29, 1.82) is 0 Å². The Morgan fingerprint density at radius 1 is 1.12 bits per heavy atom. The highest BCUT2D eigenvalue weighted by atomic mass is 35.5. The number of anilines is 1. The Bertz CT molecular complexity index is 388. The van der Waals surface area contributed by atoms with Crippen LogP contribution in [0.3, 0.4) is 0 Å². The summed E-state index contributed by atoms with van der Waals surface area (Å²) in [5.41, 5.74) is 0. The fraction of sp³-hybridized carbons (Fsp3) is 0.643. The Balaban J connectivity index is 1.81. The summed E-state index contributed by atoms with van der Waals surface area (Å²) in [5, 5.41) is 0.611. The number of hydrogen-bond donors (Lipinski definition) is 0. The summed E-state index contributed by atoms with van der Waals surface area (Å²) in [4.78, 5) is 6.96. The third-order valence-corrected chi connectivity index (χ3v) is 4.45. The summed E-state index contributed by atoms with van der Waals surface area (Å²) in [6, 6.07) is 6.67. The van der Waals surface area contributed by atoms with Gasteiger partial charge in [0.1, 0.15) is 11.0 Å². The van der Waals surface area contributed by atoms with Gasteiger partial charge < -0.3 is 4.90 Å². The molecule has 92 valence electrons. The molecule has 3 rings (SSSR count). The van der Waals surface area contributed by atoms with Gasteiger partial charge in [0.25, 0.3) is 0 Å². The van der Waals surface area contributed by atoms with E-state index in [1.54, 1.807) is 0 Å². The third kappa shape index (κ3) is 2.28. The van der Waals surface area contributed by atoms with Crippen molar-refractivity contribution in [2.45, 2.75) is 44.6 Å². The zero-order valence-electron chi connectivity index (χ0n) is 10.1. The van der Waals surface area contributed by atoms with E-state index in [-0.39, 0.29) is 0 Å². The van der Waals surface area contributed by atoms with E-state index >= 15 is 0 Å². The van der Waals surface area contributed by atoms with Crippen molar-refractivity contribution in [1.82, 2.24) is 4.98 Å². The second-order valence-electron chi connectivity index (χ2n) is 5.27. The zero-order chi connectivity index (χ0) is 11.7. The Morgan fingerprint density at radius 2 is 1.94 bits per heavy atom. The Kier molecular flexibility index (Phi) is 3.24. The van der Waals surface area contributed by atoms with Gasteiger partial charge in [0.15, 0.2) is 0 Å². The van der Waals surface area contributed by atoms with Gasteiger partial charge >= 0.3 is 0 Å². The maximum atomic E-state index is 5.99. The van der Waals surface area contributed by atoms with Crippen molar-refractivity contribution in [2.75, 3.05) is 11.4 Å². The topological polar surface area (TPSA) is 16.1 Å². The van der Waals surface area contributed by atoms with Crippen LogP contribution in [0.15, 0.2) is 18.2 Å². The van der Waals surface area contributed by atoms with E-state index in [9.17, 15) is 0 Å². The molecule has 2 nitrogen and oxygen atoms in total. The average Bonchev–Trinajstić information content (AvgIpc) is 3.00. The molecular weight excluding hydrogens is 232 g/mol. The first-order chi connectivity index (χ1) is 8.34. The van der Waals surface area contributed by atoms with Gasteiger partial charge in [-0.1, -0.05) is 30.5 Å². The lowest BCUT2D eigenvalue weighted by atomic mass is 9.96. The molecule has 0 amide bonds. The van der Waals surface area contributed by atoms with Gasteiger partial charge in [0.2, 0.25) is 0 Å². The molecule has 3 heteroatoms. The molecule has 1 aromatic heterocycles. The van der Waals surface area contributed by atoms with Crippen LogP contribution in [0.4, 0.5) is 5.82 Å². The number of aromatic nitrogens is 1. The number of pyridine rings is 1. The summed E-state index contributed by atoms with van der Waals surface area (Å²) in [7, 11) is 0. The molecule has 0 bridgehead atoms. The van der Waals surface area contributed by atoms with Crippen molar-refractivity contribution in [3.8, 4) is 0 Å². The van der Waals surface area contributed by atoms with Crippen LogP contribution in [0, 0.1) is 5.92 Å². The van der Waals surface area contributed by atoms with Crippen molar-refractivity contribution < 1.29 is 0 Å². The predicted molar refractivity (Wildman–Crippen MR) is 71.6 cm³/mol. The van der Waals surface area contributed by atoms with Crippen LogP contribution in [0.25, 0.3) is 0 Å². The molecule has 1 saturated carbocycles. The Hall–Kier alpha value is -0.760. The summed E-state index contributed by atoms with van der Waals surface area (Å²) in [6.45, 7) is 1.15. The van der Waals surface area contributed by atoms with Gasteiger partial charge in [-0.25, -0.2) is 4.98 Å². The minimum absolute atomic E-state index is 0.611. The van der Waals surface area contributed by atoms with Gasteiger partial charge in [-0.05, 0) is 43.7 Å². The lowest BCUT2D eigenvalue weighted by Gasteiger charge is -2.30. The average molecular weight is 251 g/mol. The maximum absolute atomic E-state index is 5.99. The summed E-state index contributed by atoms with van der Waals surface area (Å²) in [6.07, 6.45) is 8.27. The van der Waals surface area contributed by atoms with E-state index in [0.717, 1.165) is 18.3 Å². The first kappa shape index (κ1) is 11.3. The molecule has 2 heterocycles. The van der Waals surface area contributed by atoms with Crippen LogP contribution in [0.1, 0.15) is 38.5 Å². The molecule has 17 heavy (non-hydrogen) atoms. The SMILES string of the molecule is Clc1cccc(N2CCCC2C2CCCC2)n1. The van der Waals surface area contributed by atoms with Gasteiger partial charge in [-0.2, -0.15) is 0 Å². The van der Waals surface area contributed by atoms with Crippen LogP contribution in [-0.2, 0) is 0 Å². The first-order valence-corrected chi connectivity index (χ1v) is 7.11. The Labute approximate surface area is 108 Å². The molecule has 2 aliphatic rings. The van der Waals surface area contributed by atoms with E-state index < -0.39 is 0 Å².